The number of fused-ring (bicyclic) bond motifs is 1. The number of rotatable bonds is 4. The van der Waals surface area contributed by atoms with Crippen LogP contribution in [0.4, 0.5) is 11.4 Å². The van der Waals surface area contributed by atoms with Gasteiger partial charge in [0.15, 0.2) is 0 Å². The van der Waals surface area contributed by atoms with Crippen molar-refractivity contribution in [3.8, 4) is 0 Å². The molecule has 2 unspecified atom stereocenters. The molecular weight excluding hydrogens is 260 g/mol. The number of benzene rings is 2. The van der Waals surface area contributed by atoms with Gasteiger partial charge in [-0.05, 0) is 36.1 Å². The van der Waals surface area contributed by atoms with Crippen molar-refractivity contribution in [3.05, 3.63) is 59.7 Å². The molecule has 3 heteroatoms. The van der Waals surface area contributed by atoms with Crippen LogP contribution in [0.3, 0.4) is 0 Å². The van der Waals surface area contributed by atoms with Crippen molar-refractivity contribution in [2.75, 3.05) is 10.6 Å². The minimum absolute atomic E-state index is 0.00204. The number of carbonyl (C=O) groups is 1. The van der Waals surface area contributed by atoms with Gasteiger partial charge in [-0.25, -0.2) is 0 Å². The van der Waals surface area contributed by atoms with E-state index in [0.29, 0.717) is 5.92 Å². The molecule has 0 radical (unpaired) electrons. The van der Waals surface area contributed by atoms with E-state index in [-0.39, 0.29) is 11.9 Å². The molecule has 3 rings (SSSR count). The Morgan fingerprint density at radius 1 is 1.14 bits per heavy atom. The lowest BCUT2D eigenvalue weighted by Gasteiger charge is -2.14. The third kappa shape index (κ3) is 2.64. The smallest absolute Gasteiger partial charge is 0.251 e. The average molecular weight is 280 g/mol. The molecule has 0 saturated heterocycles. The lowest BCUT2D eigenvalue weighted by molar-refractivity contribution is -0.116. The Morgan fingerprint density at radius 3 is 2.57 bits per heavy atom. The molecule has 1 aliphatic rings. The van der Waals surface area contributed by atoms with Gasteiger partial charge in [0.1, 0.15) is 6.04 Å². The fraction of sp³-hybridized carbons (Fsp3) is 0.278. The monoisotopic (exact) mass is 280 g/mol. The van der Waals surface area contributed by atoms with Gasteiger partial charge in [0, 0.05) is 16.9 Å². The summed E-state index contributed by atoms with van der Waals surface area (Å²) in [4.78, 5) is 12.1. The normalized spacial score (nSPS) is 18.0. The molecule has 21 heavy (non-hydrogen) atoms. The number of nitrogens with one attached hydrogen (secondary N) is 2. The van der Waals surface area contributed by atoms with Crippen molar-refractivity contribution in [3.63, 3.8) is 0 Å². The van der Waals surface area contributed by atoms with E-state index in [2.05, 4.69) is 48.7 Å². The summed E-state index contributed by atoms with van der Waals surface area (Å²) >= 11 is 0. The summed E-state index contributed by atoms with van der Waals surface area (Å²) in [6, 6.07) is 15.9. The zero-order valence-electron chi connectivity index (χ0n) is 12.4. The van der Waals surface area contributed by atoms with E-state index >= 15 is 0 Å². The van der Waals surface area contributed by atoms with Crippen LogP contribution in [0, 0.1) is 0 Å². The lowest BCUT2D eigenvalue weighted by atomic mass is 9.98. The van der Waals surface area contributed by atoms with Gasteiger partial charge in [-0.2, -0.15) is 0 Å². The second-order valence-corrected chi connectivity index (χ2v) is 5.59. The molecule has 0 aromatic heterocycles. The molecule has 0 spiro atoms. The second-order valence-electron chi connectivity index (χ2n) is 5.59. The van der Waals surface area contributed by atoms with E-state index in [0.717, 1.165) is 23.4 Å². The maximum atomic E-state index is 12.1. The van der Waals surface area contributed by atoms with Crippen molar-refractivity contribution < 1.29 is 4.79 Å². The number of anilines is 2. The van der Waals surface area contributed by atoms with E-state index in [9.17, 15) is 4.79 Å². The summed E-state index contributed by atoms with van der Waals surface area (Å²) in [6.45, 7) is 4.42. The van der Waals surface area contributed by atoms with Crippen LogP contribution in [-0.4, -0.2) is 5.91 Å². The van der Waals surface area contributed by atoms with E-state index in [1.807, 2.05) is 24.3 Å². The van der Waals surface area contributed by atoms with Gasteiger partial charge < -0.3 is 10.6 Å². The third-order valence-electron chi connectivity index (χ3n) is 4.19. The van der Waals surface area contributed by atoms with Crippen LogP contribution < -0.4 is 10.6 Å². The Kier molecular flexibility index (Phi) is 3.65. The Balaban J connectivity index is 1.79. The molecule has 2 N–H and O–H groups in total. The van der Waals surface area contributed by atoms with Crippen LogP contribution in [0.15, 0.2) is 48.5 Å². The van der Waals surface area contributed by atoms with Crippen LogP contribution in [0.5, 0.6) is 0 Å². The molecule has 108 valence electrons. The van der Waals surface area contributed by atoms with Gasteiger partial charge in [-0.15, -0.1) is 0 Å². The van der Waals surface area contributed by atoms with Crippen molar-refractivity contribution in [1.29, 1.82) is 0 Å². The largest absolute Gasteiger partial charge is 0.370 e. The van der Waals surface area contributed by atoms with Gasteiger partial charge in [0.25, 0.3) is 5.91 Å². The van der Waals surface area contributed by atoms with E-state index in [1.165, 1.54) is 5.56 Å². The molecule has 1 aliphatic heterocycles. The van der Waals surface area contributed by atoms with Crippen LogP contribution >= 0.6 is 0 Å². The number of amides is 1. The summed E-state index contributed by atoms with van der Waals surface area (Å²) < 4.78 is 0. The summed E-state index contributed by atoms with van der Waals surface area (Å²) in [5.74, 6) is 0.566. The number of hydrogen-bond donors (Lipinski definition) is 2. The second kappa shape index (κ2) is 5.60. The Bertz CT molecular complexity index is 649. The highest BCUT2D eigenvalue weighted by atomic mass is 16.2. The van der Waals surface area contributed by atoms with Crippen molar-refractivity contribution in [1.82, 2.24) is 0 Å². The number of carbonyl (C=O) groups excluding carboxylic acids is 1. The first-order chi connectivity index (χ1) is 10.2. The first kappa shape index (κ1) is 13.7. The fourth-order valence-corrected chi connectivity index (χ4v) is 2.66. The maximum absolute atomic E-state index is 12.1. The average Bonchev–Trinajstić information content (AvgIpc) is 2.83. The molecule has 3 nitrogen and oxygen atoms in total. The third-order valence-corrected chi connectivity index (χ3v) is 4.19. The van der Waals surface area contributed by atoms with E-state index in [1.54, 1.807) is 0 Å². The van der Waals surface area contributed by atoms with Gasteiger partial charge in [0.2, 0.25) is 0 Å². The van der Waals surface area contributed by atoms with Crippen LogP contribution in [-0.2, 0) is 4.79 Å². The fourth-order valence-electron chi connectivity index (χ4n) is 2.66. The predicted octanol–water partition coefficient (Wildman–Crippen LogP) is 4.31. The molecule has 1 heterocycles. The Morgan fingerprint density at radius 2 is 1.86 bits per heavy atom. The zero-order chi connectivity index (χ0) is 14.8. The molecule has 2 atom stereocenters. The zero-order valence-corrected chi connectivity index (χ0v) is 12.4. The van der Waals surface area contributed by atoms with Crippen molar-refractivity contribution >= 4 is 17.3 Å². The van der Waals surface area contributed by atoms with Crippen molar-refractivity contribution in [2.24, 2.45) is 0 Å². The first-order valence-electron chi connectivity index (χ1n) is 7.45. The summed E-state index contributed by atoms with van der Waals surface area (Å²) in [5.41, 5.74) is 4.21. The standard InChI is InChI=1S/C18H20N2O/c1-3-12(2)13-8-10-14(11-9-13)19-17-15-6-4-5-7-16(15)20-18(17)21/h4-12,17,19H,3H2,1-2H3,(H,20,21). The van der Waals surface area contributed by atoms with Gasteiger partial charge in [-0.1, -0.05) is 44.2 Å². The molecule has 2 aromatic rings. The summed E-state index contributed by atoms with van der Waals surface area (Å²) in [6.07, 6.45) is 1.13. The minimum atomic E-state index is -0.310. The molecule has 0 bridgehead atoms. The van der Waals surface area contributed by atoms with Gasteiger partial charge in [-0.3, -0.25) is 4.79 Å². The maximum Gasteiger partial charge on any atom is 0.251 e. The quantitative estimate of drug-likeness (QED) is 0.876. The van der Waals surface area contributed by atoms with Crippen LogP contribution in [0.25, 0.3) is 0 Å². The van der Waals surface area contributed by atoms with Crippen LogP contribution in [0.2, 0.25) is 0 Å². The molecule has 0 saturated carbocycles. The predicted molar refractivity (Wildman–Crippen MR) is 86.6 cm³/mol. The molecule has 2 aromatic carbocycles. The number of para-hydroxylation sites is 1. The minimum Gasteiger partial charge on any atom is -0.370 e. The van der Waals surface area contributed by atoms with Gasteiger partial charge in [0.05, 0.1) is 0 Å². The summed E-state index contributed by atoms with van der Waals surface area (Å²) in [7, 11) is 0. The van der Waals surface area contributed by atoms with Crippen LogP contribution in [0.1, 0.15) is 43.4 Å². The SMILES string of the molecule is CCC(C)c1ccc(NC2C(=O)Nc3ccccc32)cc1. The Hall–Kier alpha value is -2.29. The highest BCUT2D eigenvalue weighted by molar-refractivity contribution is 6.04. The van der Waals surface area contributed by atoms with Gasteiger partial charge >= 0.3 is 0 Å². The molecule has 0 aliphatic carbocycles. The molecule has 1 amide bonds. The number of hydrogen-bond acceptors (Lipinski definition) is 2. The highest BCUT2D eigenvalue weighted by Crippen LogP contribution is 2.33. The molecular formula is C18H20N2O. The van der Waals surface area contributed by atoms with E-state index < -0.39 is 0 Å². The molecule has 0 fully saturated rings. The highest BCUT2D eigenvalue weighted by Gasteiger charge is 2.29. The summed E-state index contributed by atoms with van der Waals surface area (Å²) in [5, 5.41) is 6.22. The topological polar surface area (TPSA) is 41.1 Å². The van der Waals surface area contributed by atoms with E-state index in [4.69, 9.17) is 0 Å². The first-order valence-corrected chi connectivity index (χ1v) is 7.45. The lowest BCUT2D eigenvalue weighted by Crippen LogP contribution is -2.19. The Labute approximate surface area is 125 Å². The van der Waals surface area contributed by atoms with Crippen molar-refractivity contribution in [2.45, 2.75) is 32.2 Å².